The molecular weight excluding hydrogens is 521 g/mol. The van der Waals surface area contributed by atoms with Crippen LogP contribution < -0.4 is 3.13 Å². The first kappa shape index (κ1) is 18.9. The number of carbonyl (C=O) groups excluding carboxylic acids is 1. The third-order valence-corrected chi connectivity index (χ3v) is 4.83. The van der Waals surface area contributed by atoms with Gasteiger partial charge in [0.2, 0.25) is 0 Å². The van der Waals surface area contributed by atoms with E-state index in [0.717, 1.165) is 16.9 Å². The Kier molecular flexibility index (Phi) is 6.78. The van der Waals surface area contributed by atoms with Crippen molar-refractivity contribution in [2.75, 3.05) is 20.7 Å². The van der Waals surface area contributed by atoms with Gasteiger partial charge in [-0.2, -0.15) is 0 Å². The number of imidazole rings is 1. The Bertz CT molecular complexity index is 735. The van der Waals surface area contributed by atoms with E-state index in [0.29, 0.717) is 37.7 Å². The number of carbonyl (C=O) groups is 1. The molecule has 1 atom stereocenters. The molecule has 0 fully saturated rings. The van der Waals surface area contributed by atoms with E-state index in [1.165, 1.54) is 0 Å². The molecule has 0 bridgehead atoms. The van der Waals surface area contributed by atoms with Crippen molar-refractivity contribution in [1.82, 2.24) is 17.6 Å². The molecule has 0 spiro atoms. The molecular formula is C15H19N4O3STl. The Morgan fingerprint density at radius 3 is 2.79 bits per heavy atom. The zero-order chi connectivity index (χ0) is 17.7. The molecule has 1 heterocycles. The van der Waals surface area contributed by atoms with Gasteiger partial charge in [-0.15, -0.1) is 0 Å². The molecule has 126 valence electrons. The SMILES string of the molecule is CN(C)C(=S)O[C@@H](CCOC(=O)[NH][Tl])c1nc2ccccc2n1C. The summed E-state index contributed by atoms with van der Waals surface area (Å²) in [6, 6.07) is 7.86. The number of thiocarbonyl (C=S) groups is 1. The number of para-hydroxylation sites is 2. The number of amides is 1. The van der Waals surface area contributed by atoms with Crippen molar-refractivity contribution >= 4 is 60.6 Å². The second kappa shape index (κ2) is 8.61. The van der Waals surface area contributed by atoms with Crippen molar-refractivity contribution in [3.63, 3.8) is 0 Å². The molecule has 0 aliphatic carbocycles. The summed E-state index contributed by atoms with van der Waals surface area (Å²) in [5.41, 5.74) is 1.90. The first-order valence-electron chi connectivity index (χ1n) is 7.36. The van der Waals surface area contributed by atoms with Crippen LogP contribution in [0, 0.1) is 0 Å². The first-order chi connectivity index (χ1) is 11.4. The van der Waals surface area contributed by atoms with Crippen LogP contribution in [0.2, 0.25) is 0 Å². The summed E-state index contributed by atoms with van der Waals surface area (Å²) >= 11 is 5.61. The number of rotatable bonds is 5. The molecule has 24 heavy (non-hydrogen) atoms. The van der Waals surface area contributed by atoms with Crippen molar-refractivity contribution in [1.29, 1.82) is 0 Å². The maximum absolute atomic E-state index is 11.3. The van der Waals surface area contributed by atoms with Gasteiger partial charge >= 0.3 is 163 Å². The molecule has 1 amide bonds. The molecule has 1 N–H and O–H groups in total. The minimum atomic E-state index is -0.404. The van der Waals surface area contributed by atoms with Gasteiger partial charge in [-0.1, -0.05) is 0 Å². The van der Waals surface area contributed by atoms with E-state index in [1.54, 1.807) is 4.90 Å². The van der Waals surface area contributed by atoms with Crippen LogP contribution in [0.25, 0.3) is 11.0 Å². The molecule has 2 aromatic rings. The van der Waals surface area contributed by atoms with Gasteiger partial charge in [0.25, 0.3) is 0 Å². The Hall–Kier alpha value is -1.43. The van der Waals surface area contributed by atoms with Crippen molar-refractivity contribution in [2.24, 2.45) is 7.05 Å². The molecule has 2 rings (SSSR count). The molecule has 0 radical (unpaired) electrons. The van der Waals surface area contributed by atoms with E-state index >= 15 is 0 Å². The van der Waals surface area contributed by atoms with Crippen molar-refractivity contribution in [3.05, 3.63) is 30.1 Å². The van der Waals surface area contributed by atoms with Crippen LogP contribution >= 0.6 is 12.2 Å². The molecule has 1 aromatic carbocycles. The van der Waals surface area contributed by atoms with Gasteiger partial charge in [-0.25, -0.2) is 0 Å². The van der Waals surface area contributed by atoms with E-state index in [1.807, 2.05) is 50.0 Å². The first-order valence-corrected chi connectivity index (χ1v) is 10.0. The fraction of sp³-hybridized carbons (Fsp3) is 0.400. The van der Waals surface area contributed by atoms with E-state index in [-0.39, 0.29) is 6.61 Å². The Morgan fingerprint density at radius 2 is 2.17 bits per heavy atom. The average Bonchev–Trinajstić information content (AvgIpc) is 2.90. The van der Waals surface area contributed by atoms with Crippen molar-refractivity contribution < 1.29 is 14.3 Å². The van der Waals surface area contributed by atoms with Gasteiger partial charge in [0.05, 0.1) is 0 Å². The van der Waals surface area contributed by atoms with Crippen LogP contribution in [0.15, 0.2) is 24.3 Å². The van der Waals surface area contributed by atoms with E-state index in [4.69, 9.17) is 21.7 Å². The summed E-state index contributed by atoms with van der Waals surface area (Å²) in [6.45, 7) is 0.225. The van der Waals surface area contributed by atoms with Crippen LogP contribution in [0.1, 0.15) is 18.3 Å². The number of hydrogen-bond donors (Lipinski definition) is 1. The van der Waals surface area contributed by atoms with Gasteiger partial charge in [-0.05, 0) is 0 Å². The summed E-state index contributed by atoms with van der Waals surface area (Å²) in [7, 11) is 5.58. The molecule has 0 saturated heterocycles. The zero-order valence-electron chi connectivity index (χ0n) is 13.9. The fourth-order valence-corrected chi connectivity index (χ4v) is 2.66. The number of fused-ring (bicyclic) bond motifs is 1. The molecule has 1 aromatic heterocycles. The summed E-state index contributed by atoms with van der Waals surface area (Å²) < 4.78 is 15.6. The van der Waals surface area contributed by atoms with E-state index in [2.05, 4.69) is 8.11 Å². The van der Waals surface area contributed by atoms with Crippen LogP contribution in [0.5, 0.6) is 0 Å². The van der Waals surface area contributed by atoms with E-state index in [9.17, 15) is 4.79 Å². The molecule has 9 heteroatoms. The predicted molar refractivity (Wildman–Crippen MR) is 95.7 cm³/mol. The third-order valence-electron chi connectivity index (χ3n) is 3.45. The summed E-state index contributed by atoms with van der Waals surface area (Å²) in [6.07, 6.45) is -0.343. The monoisotopic (exact) mass is 540 g/mol. The number of ether oxygens (including phenoxy) is 2. The Morgan fingerprint density at radius 1 is 1.46 bits per heavy atom. The summed E-state index contributed by atoms with van der Waals surface area (Å²) in [5, 5.41) is 0.362. The number of aromatic nitrogens is 2. The number of nitrogens with zero attached hydrogens (tertiary/aromatic N) is 3. The van der Waals surface area contributed by atoms with Gasteiger partial charge in [0.15, 0.2) is 0 Å². The predicted octanol–water partition coefficient (Wildman–Crippen LogP) is 1.68. The second-order valence-corrected chi connectivity index (χ2v) is 6.82. The van der Waals surface area contributed by atoms with Crippen LogP contribution in [0.3, 0.4) is 0 Å². The Labute approximate surface area is 162 Å². The molecule has 0 unspecified atom stereocenters. The second-order valence-electron chi connectivity index (χ2n) is 5.35. The average molecular weight is 540 g/mol. The van der Waals surface area contributed by atoms with E-state index < -0.39 is 12.2 Å². The van der Waals surface area contributed by atoms with Crippen molar-refractivity contribution in [2.45, 2.75) is 12.5 Å². The molecule has 0 aliphatic rings. The maximum atomic E-state index is 11.3. The number of hydrogen-bond acceptors (Lipinski definition) is 5. The minimum absolute atomic E-state index is 0.225. The topological polar surface area (TPSA) is 68.6 Å². The van der Waals surface area contributed by atoms with Gasteiger partial charge in [-0.3, -0.25) is 0 Å². The standard InChI is InChI=1S/C15H20N4O3S.Tl/c1-18(2)15(23)22-12(8-9-21-14(16)20)13-17-10-6-4-5-7-11(10)19(13)3;/h4-7,12H,8-9H2,1-3H3,(H2,16,20);/q;+1/p-1/t12-;/m0./s1. The fourth-order valence-electron chi connectivity index (χ4n) is 2.22. The summed E-state index contributed by atoms with van der Waals surface area (Å²) in [5.74, 6) is 0.747. The number of nitrogens with one attached hydrogen (secondary N) is 1. The molecule has 0 saturated carbocycles. The molecule has 0 aliphatic heterocycles. The Balaban J connectivity index is 2.24. The van der Waals surface area contributed by atoms with Gasteiger partial charge in [0, 0.05) is 0 Å². The number of aryl methyl sites for hydroxylation is 1. The molecule has 7 nitrogen and oxygen atoms in total. The summed E-state index contributed by atoms with van der Waals surface area (Å²) in [4.78, 5) is 17.7. The van der Waals surface area contributed by atoms with Crippen LogP contribution in [0.4, 0.5) is 4.79 Å². The van der Waals surface area contributed by atoms with Gasteiger partial charge in [0.1, 0.15) is 0 Å². The number of benzene rings is 1. The third kappa shape index (κ3) is 4.56. The van der Waals surface area contributed by atoms with Gasteiger partial charge < -0.3 is 0 Å². The zero-order valence-corrected chi connectivity index (χ0v) is 19.2. The van der Waals surface area contributed by atoms with Crippen LogP contribution in [-0.2, 0) is 16.5 Å². The quantitative estimate of drug-likeness (QED) is 0.461. The van der Waals surface area contributed by atoms with Crippen LogP contribution in [-0.4, -0.2) is 72.5 Å². The normalized spacial score (nSPS) is 11.8. The van der Waals surface area contributed by atoms with Crippen molar-refractivity contribution in [3.8, 4) is 0 Å².